The molecule has 1 rings (SSSR count). The molecule has 0 N–H and O–H groups in total. The second-order valence-corrected chi connectivity index (χ2v) is 3.31. The van der Waals surface area contributed by atoms with Crippen LogP contribution in [0.3, 0.4) is 0 Å². The van der Waals surface area contributed by atoms with Crippen LogP contribution in [0, 0.1) is 0 Å². The van der Waals surface area contributed by atoms with Crippen LogP contribution in [0.5, 0.6) is 5.75 Å². The van der Waals surface area contributed by atoms with Gasteiger partial charge in [0.25, 0.3) is 6.43 Å². The number of methoxy groups -OCH3 is 1. The van der Waals surface area contributed by atoms with Crippen LogP contribution < -0.4 is 4.74 Å². The van der Waals surface area contributed by atoms with Gasteiger partial charge in [0.1, 0.15) is 10.3 Å². The fraction of sp³-hybridized carbons (Fsp3) is 0.286. The third-order valence-corrected chi connectivity index (χ3v) is 2.22. The van der Waals surface area contributed by atoms with E-state index in [9.17, 15) is 8.78 Å². The zero-order chi connectivity index (χ0) is 10.0. The Morgan fingerprint density at radius 3 is 2.69 bits per heavy atom. The van der Waals surface area contributed by atoms with Crippen molar-refractivity contribution in [3.63, 3.8) is 0 Å². The summed E-state index contributed by atoms with van der Waals surface area (Å²) in [7, 11) is 1.40. The fourth-order valence-corrected chi connectivity index (χ4v) is 1.45. The molecule has 0 aliphatic carbocycles. The van der Waals surface area contributed by atoms with Crippen LogP contribution in [-0.2, 0) is 0 Å². The van der Waals surface area contributed by atoms with Crippen LogP contribution in [0.15, 0.2) is 10.7 Å². The molecule has 0 saturated heterocycles. The molecule has 0 radical (unpaired) electrons. The Bertz CT molecular complexity index is 322. The molecule has 0 saturated carbocycles. The zero-order valence-corrected chi connectivity index (χ0v) is 8.86. The van der Waals surface area contributed by atoms with Gasteiger partial charge < -0.3 is 4.74 Å². The van der Waals surface area contributed by atoms with Crippen molar-refractivity contribution >= 4 is 27.5 Å². The molecule has 0 aliphatic heterocycles. The summed E-state index contributed by atoms with van der Waals surface area (Å²) in [6.07, 6.45) is -2.69. The third kappa shape index (κ3) is 2.28. The van der Waals surface area contributed by atoms with Crippen LogP contribution in [-0.4, -0.2) is 12.1 Å². The molecule has 0 aromatic carbocycles. The topological polar surface area (TPSA) is 22.1 Å². The van der Waals surface area contributed by atoms with Gasteiger partial charge in [-0.25, -0.2) is 13.8 Å². The van der Waals surface area contributed by atoms with E-state index in [-0.39, 0.29) is 9.63 Å². The van der Waals surface area contributed by atoms with Crippen molar-refractivity contribution in [2.75, 3.05) is 7.11 Å². The van der Waals surface area contributed by atoms with E-state index >= 15 is 0 Å². The second-order valence-electron chi connectivity index (χ2n) is 2.15. The molecule has 13 heavy (non-hydrogen) atoms. The number of rotatable bonds is 2. The van der Waals surface area contributed by atoms with Gasteiger partial charge >= 0.3 is 0 Å². The van der Waals surface area contributed by atoms with Crippen molar-refractivity contribution in [2.24, 2.45) is 0 Å². The number of ether oxygens (including phenoxy) is 1. The molecule has 0 aliphatic rings. The molecule has 6 heteroatoms. The highest BCUT2D eigenvalue weighted by Crippen LogP contribution is 2.32. The van der Waals surface area contributed by atoms with Gasteiger partial charge in [-0.3, -0.25) is 0 Å². The molecule has 0 unspecified atom stereocenters. The van der Waals surface area contributed by atoms with Gasteiger partial charge in [-0.1, -0.05) is 11.6 Å². The number of pyridine rings is 1. The maximum atomic E-state index is 12.2. The monoisotopic (exact) mass is 271 g/mol. The average molecular weight is 272 g/mol. The summed E-state index contributed by atoms with van der Waals surface area (Å²) in [5.74, 6) is 0.328. The molecule has 0 bridgehead atoms. The predicted molar refractivity (Wildman–Crippen MR) is 48.5 cm³/mol. The average Bonchev–Trinajstić information content (AvgIpc) is 2.07. The first kappa shape index (κ1) is 10.7. The zero-order valence-electron chi connectivity index (χ0n) is 6.52. The van der Waals surface area contributed by atoms with Crippen LogP contribution in [0.25, 0.3) is 0 Å². The third-order valence-electron chi connectivity index (χ3n) is 1.35. The first-order valence-electron chi connectivity index (χ1n) is 3.24. The molecule has 72 valence electrons. The number of hydrogen-bond acceptors (Lipinski definition) is 2. The molecule has 0 amide bonds. The Balaban J connectivity index is 3.20. The van der Waals surface area contributed by atoms with Gasteiger partial charge in [-0.2, -0.15) is 0 Å². The molecule has 1 aromatic heterocycles. The summed E-state index contributed by atoms with van der Waals surface area (Å²) in [5.41, 5.74) is -0.450. The van der Waals surface area contributed by atoms with E-state index in [1.165, 1.54) is 13.2 Å². The highest BCUT2D eigenvalue weighted by atomic mass is 79.9. The SMILES string of the molecule is COc1cc(Cl)c(C(F)F)nc1Br. The predicted octanol–water partition coefficient (Wildman–Crippen LogP) is 3.44. The number of halogens is 4. The lowest BCUT2D eigenvalue weighted by molar-refractivity contribution is 0.146. The largest absolute Gasteiger partial charge is 0.494 e. The Morgan fingerprint density at radius 2 is 2.23 bits per heavy atom. The Hall–Kier alpha value is -0.420. The number of hydrogen-bond donors (Lipinski definition) is 0. The molecular formula is C7H5BrClF2NO. The van der Waals surface area contributed by atoms with Crippen LogP contribution in [0.2, 0.25) is 5.02 Å². The van der Waals surface area contributed by atoms with Gasteiger partial charge in [0.15, 0.2) is 5.75 Å². The summed E-state index contributed by atoms with van der Waals surface area (Å²) < 4.78 is 29.5. The quantitative estimate of drug-likeness (QED) is 0.769. The molecule has 0 fully saturated rings. The van der Waals surface area contributed by atoms with Crippen molar-refractivity contribution < 1.29 is 13.5 Å². The summed E-state index contributed by atoms with van der Waals surface area (Å²) in [4.78, 5) is 3.55. The first-order valence-corrected chi connectivity index (χ1v) is 4.41. The summed E-state index contributed by atoms with van der Waals surface area (Å²) in [5, 5.41) is -0.102. The standard InChI is InChI=1S/C7H5BrClF2NO/c1-13-4-2-3(9)5(7(10)11)12-6(4)8/h2,7H,1H3. The minimum absolute atomic E-state index is 0.102. The maximum absolute atomic E-state index is 12.2. The van der Waals surface area contributed by atoms with Crippen molar-refractivity contribution in [3.05, 3.63) is 21.4 Å². The Labute approximate surface area is 87.0 Å². The molecule has 1 heterocycles. The van der Waals surface area contributed by atoms with Crippen molar-refractivity contribution in [2.45, 2.75) is 6.43 Å². The summed E-state index contributed by atoms with van der Waals surface area (Å²) in [6.45, 7) is 0. The van der Waals surface area contributed by atoms with Gasteiger partial charge in [0.05, 0.1) is 12.1 Å². The van der Waals surface area contributed by atoms with Crippen molar-refractivity contribution in [3.8, 4) is 5.75 Å². The van der Waals surface area contributed by atoms with E-state index in [2.05, 4.69) is 20.9 Å². The summed E-state index contributed by atoms with van der Waals surface area (Å²) in [6, 6.07) is 1.29. The van der Waals surface area contributed by atoms with Crippen molar-refractivity contribution in [1.29, 1.82) is 0 Å². The lowest BCUT2D eigenvalue weighted by Gasteiger charge is -2.06. The van der Waals surface area contributed by atoms with Gasteiger partial charge in [-0.05, 0) is 15.9 Å². The molecule has 0 atom stereocenters. The molecule has 2 nitrogen and oxygen atoms in total. The smallest absolute Gasteiger partial charge is 0.281 e. The van der Waals surface area contributed by atoms with E-state index in [0.29, 0.717) is 5.75 Å². The minimum atomic E-state index is -2.69. The van der Waals surface area contributed by atoms with E-state index < -0.39 is 12.1 Å². The van der Waals surface area contributed by atoms with Gasteiger partial charge in [0, 0.05) is 6.07 Å². The van der Waals surface area contributed by atoms with E-state index in [4.69, 9.17) is 16.3 Å². The highest BCUT2D eigenvalue weighted by Gasteiger charge is 2.16. The lowest BCUT2D eigenvalue weighted by atomic mass is 10.3. The maximum Gasteiger partial charge on any atom is 0.281 e. The van der Waals surface area contributed by atoms with Crippen LogP contribution in [0.1, 0.15) is 12.1 Å². The second kappa shape index (κ2) is 4.19. The summed E-state index contributed by atoms with van der Waals surface area (Å²) >= 11 is 8.51. The lowest BCUT2D eigenvalue weighted by Crippen LogP contribution is -1.95. The molecular weight excluding hydrogens is 267 g/mol. The van der Waals surface area contributed by atoms with Crippen LogP contribution in [0.4, 0.5) is 8.78 Å². The van der Waals surface area contributed by atoms with Gasteiger partial charge in [-0.15, -0.1) is 0 Å². The minimum Gasteiger partial charge on any atom is -0.494 e. The number of nitrogens with zero attached hydrogens (tertiary/aromatic N) is 1. The van der Waals surface area contributed by atoms with E-state index in [0.717, 1.165) is 0 Å². The molecule has 0 spiro atoms. The van der Waals surface area contributed by atoms with Crippen molar-refractivity contribution in [1.82, 2.24) is 4.98 Å². The van der Waals surface area contributed by atoms with E-state index in [1.54, 1.807) is 0 Å². The Kier molecular flexibility index (Phi) is 3.44. The van der Waals surface area contributed by atoms with Gasteiger partial charge in [0.2, 0.25) is 0 Å². The molecule has 1 aromatic rings. The first-order chi connectivity index (χ1) is 6.06. The normalized spacial score (nSPS) is 10.6. The van der Waals surface area contributed by atoms with E-state index in [1.807, 2.05) is 0 Å². The van der Waals surface area contributed by atoms with Crippen LogP contribution >= 0.6 is 27.5 Å². The Morgan fingerprint density at radius 1 is 1.62 bits per heavy atom. The number of alkyl halides is 2. The fourth-order valence-electron chi connectivity index (χ4n) is 0.759. The highest BCUT2D eigenvalue weighted by molar-refractivity contribution is 9.10. The number of aromatic nitrogens is 1.